The molecule has 3 rings (SSSR count). The van der Waals surface area contributed by atoms with E-state index < -0.39 is 0 Å². The molecule has 0 atom stereocenters. The second-order valence-corrected chi connectivity index (χ2v) is 6.26. The first-order valence-electron chi connectivity index (χ1n) is 8.77. The highest BCUT2D eigenvalue weighted by atomic mass is 16.5. The Labute approximate surface area is 153 Å². The minimum atomic E-state index is -0.00382. The minimum absolute atomic E-state index is 0.00382. The molecule has 0 unspecified atom stereocenters. The molecule has 2 amide bonds. The van der Waals surface area contributed by atoms with E-state index in [1.807, 2.05) is 29.2 Å². The molecule has 0 spiro atoms. The van der Waals surface area contributed by atoms with Gasteiger partial charge in [-0.05, 0) is 36.2 Å². The van der Waals surface area contributed by atoms with Crippen LogP contribution in [0, 0.1) is 0 Å². The van der Waals surface area contributed by atoms with Gasteiger partial charge in [0.2, 0.25) is 5.91 Å². The Balaban J connectivity index is 1.48. The van der Waals surface area contributed by atoms with Gasteiger partial charge in [-0.2, -0.15) is 0 Å². The normalized spacial score (nSPS) is 14.2. The summed E-state index contributed by atoms with van der Waals surface area (Å²) in [7, 11) is 1.64. The Morgan fingerprint density at radius 2 is 1.73 bits per heavy atom. The Bertz CT molecular complexity index is 756. The quantitative estimate of drug-likeness (QED) is 0.825. The third-order valence-corrected chi connectivity index (χ3v) is 4.61. The molecule has 1 saturated heterocycles. The summed E-state index contributed by atoms with van der Waals surface area (Å²) >= 11 is 0. The second-order valence-electron chi connectivity index (χ2n) is 6.26. The molecule has 0 N–H and O–H groups in total. The first-order chi connectivity index (χ1) is 12.7. The highest BCUT2D eigenvalue weighted by molar-refractivity contribution is 5.94. The molecule has 136 valence electrons. The van der Waals surface area contributed by atoms with Gasteiger partial charge in [0, 0.05) is 50.6 Å². The number of aryl methyl sites for hydroxylation is 1. The Morgan fingerprint density at radius 3 is 2.42 bits per heavy atom. The summed E-state index contributed by atoms with van der Waals surface area (Å²) in [5, 5.41) is 0. The zero-order chi connectivity index (χ0) is 18.4. The lowest BCUT2D eigenvalue weighted by Gasteiger charge is -2.35. The minimum Gasteiger partial charge on any atom is -0.497 e. The first kappa shape index (κ1) is 17.9. The average Bonchev–Trinajstić information content (AvgIpc) is 2.72. The predicted molar refractivity (Wildman–Crippen MR) is 98.0 cm³/mol. The summed E-state index contributed by atoms with van der Waals surface area (Å²) in [4.78, 5) is 32.5. The lowest BCUT2D eigenvalue weighted by atomic mass is 10.1. The molecular formula is C20H23N3O3. The molecule has 1 aliphatic heterocycles. The molecule has 26 heavy (non-hydrogen) atoms. The van der Waals surface area contributed by atoms with Crippen molar-refractivity contribution >= 4 is 11.8 Å². The van der Waals surface area contributed by atoms with Gasteiger partial charge in [0.05, 0.1) is 7.11 Å². The van der Waals surface area contributed by atoms with E-state index in [4.69, 9.17) is 4.74 Å². The largest absolute Gasteiger partial charge is 0.497 e. The first-order valence-corrected chi connectivity index (χ1v) is 8.77. The van der Waals surface area contributed by atoms with Gasteiger partial charge >= 0.3 is 0 Å². The third kappa shape index (κ3) is 4.39. The zero-order valence-electron chi connectivity index (χ0n) is 14.9. The fourth-order valence-electron chi connectivity index (χ4n) is 3.07. The molecule has 2 heterocycles. The van der Waals surface area contributed by atoms with Gasteiger partial charge in [0.1, 0.15) is 5.75 Å². The van der Waals surface area contributed by atoms with Crippen LogP contribution in [0.2, 0.25) is 0 Å². The van der Waals surface area contributed by atoms with Crippen molar-refractivity contribution in [2.45, 2.75) is 12.8 Å². The van der Waals surface area contributed by atoms with E-state index in [0.29, 0.717) is 44.6 Å². The van der Waals surface area contributed by atoms with Crippen LogP contribution in [-0.4, -0.2) is 59.9 Å². The molecule has 0 aliphatic carbocycles. The Morgan fingerprint density at radius 1 is 1.04 bits per heavy atom. The molecule has 6 nitrogen and oxygen atoms in total. The van der Waals surface area contributed by atoms with Crippen molar-refractivity contribution < 1.29 is 14.3 Å². The summed E-state index contributed by atoms with van der Waals surface area (Å²) in [5.74, 6) is 0.929. The fraction of sp³-hybridized carbons (Fsp3) is 0.350. The van der Waals surface area contributed by atoms with Crippen LogP contribution < -0.4 is 4.74 Å². The summed E-state index contributed by atoms with van der Waals surface area (Å²) in [6, 6.07) is 11.2. The molecule has 1 aromatic carbocycles. The van der Waals surface area contributed by atoms with Gasteiger partial charge in [0.15, 0.2) is 0 Å². The Hall–Kier alpha value is -2.89. The monoisotopic (exact) mass is 353 g/mol. The van der Waals surface area contributed by atoms with Crippen LogP contribution in [0.5, 0.6) is 5.75 Å². The molecule has 0 saturated carbocycles. The molecular weight excluding hydrogens is 330 g/mol. The van der Waals surface area contributed by atoms with Crippen LogP contribution in [0.4, 0.5) is 0 Å². The maximum absolute atomic E-state index is 12.5. The standard InChI is InChI=1S/C20H23N3O3/c1-26-18-4-2-3-16(15-18)5-6-19(24)22-11-13-23(14-12-22)20(25)17-7-9-21-10-8-17/h2-4,7-10,15H,5-6,11-14H2,1H3. The topological polar surface area (TPSA) is 62.7 Å². The Kier molecular flexibility index (Phi) is 5.84. The number of rotatable bonds is 5. The average molecular weight is 353 g/mol. The van der Waals surface area contributed by atoms with E-state index in [1.165, 1.54) is 0 Å². The summed E-state index contributed by atoms with van der Waals surface area (Å²) in [6.07, 6.45) is 4.38. The van der Waals surface area contributed by atoms with E-state index >= 15 is 0 Å². The number of hydrogen-bond acceptors (Lipinski definition) is 4. The smallest absolute Gasteiger partial charge is 0.254 e. The van der Waals surface area contributed by atoms with Crippen molar-refractivity contribution in [3.8, 4) is 5.75 Å². The number of piperazine rings is 1. The van der Waals surface area contributed by atoms with E-state index in [9.17, 15) is 9.59 Å². The van der Waals surface area contributed by atoms with Gasteiger partial charge in [0.25, 0.3) is 5.91 Å². The molecule has 0 bridgehead atoms. The number of ether oxygens (including phenoxy) is 1. The molecule has 2 aromatic rings. The number of aromatic nitrogens is 1. The van der Waals surface area contributed by atoms with Crippen molar-refractivity contribution in [3.63, 3.8) is 0 Å². The lowest BCUT2D eigenvalue weighted by Crippen LogP contribution is -2.50. The summed E-state index contributed by atoms with van der Waals surface area (Å²) in [6.45, 7) is 2.28. The van der Waals surface area contributed by atoms with Crippen molar-refractivity contribution in [3.05, 3.63) is 59.9 Å². The van der Waals surface area contributed by atoms with E-state index in [1.54, 1.807) is 36.5 Å². The number of hydrogen-bond donors (Lipinski definition) is 0. The number of pyridine rings is 1. The van der Waals surface area contributed by atoms with Crippen LogP contribution in [0.3, 0.4) is 0 Å². The van der Waals surface area contributed by atoms with Gasteiger partial charge in [-0.15, -0.1) is 0 Å². The van der Waals surface area contributed by atoms with Crippen molar-refractivity contribution in [1.29, 1.82) is 0 Å². The summed E-state index contributed by atoms with van der Waals surface area (Å²) in [5.41, 5.74) is 1.72. The lowest BCUT2D eigenvalue weighted by molar-refractivity contribution is -0.132. The van der Waals surface area contributed by atoms with Gasteiger partial charge < -0.3 is 14.5 Å². The SMILES string of the molecule is COc1cccc(CCC(=O)N2CCN(C(=O)c3ccncc3)CC2)c1. The number of nitrogens with zero attached hydrogens (tertiary/aromatic N) is 3. The van der Waals surface area contributed by atoms with Crippen molar-refractivity contribution in [2.24, 2.45) is 0 Å². The highest BCUT2D eigenvalue weighted by Gasteiger charge is 2.24. The van der Waals surface area contributed by atoms with Crippen LogP contribution >= 0.6 is 0 Å². The number of carbonyl (C=O) groups excluding carboxylic acids is 2. The third-order valence-electron chi connectivity index (χ3n) is 4.61. The zero-order valence-corrected chi connectivity index (χ0v) is 14.9. The van der Waals surface area contributed by atoms with Gasteiger partial charge in [-0.1, -0.05) is 12.1 Å². The highest BCUT2D eigenvalue weighted by Crippen LogP contribution is 2.15. The molecule has 1 aromatic heterocycles. The van der Waals surface area contributed by atoms with Crippen molar-refractivity contribution in [1.82, 2.24) is 14.8 Å². The molecule has 6 heteroatoms. The van der Waals surface area contributed by atoms with Crippen LogP contribution in [-0.2, 0) is 11.2 Å². The number of methoxy groups -OCH3 is 1. The molecule has 1 fully saturated rings. The van der Waals surface area contributed by atoms with Gasteiger partial charge in [-0.3, -0.25) is 14.6 Å². The second kappa shape index (κ2) is 8.47. The summed E-state index contributed by atoms with van der Waals surface area (Å²) < 4.78 is 5.21. The van der Waals surface area contributed by atoms with Gasteiger partial charge in [-0.25, -0.2) is 0 Å². The fourth-order valence-corrected chi connectivity index (χ4v) is 3.07. The predicted octanol–water partition coefficient (Wildman–Crippen LogP) is 2.01. The number of benzene rings is 1. The molecule has 0 radical (unpaired) electrons. The van der Waals surface area contributed by atoms with Crippen molar-refractivity contribution in [2.75, 3.05) is 33.3 Å². The molecule has 1 aliphatic rings. The maximum atomic E-state index is 12.5. The van der Waals surface area contributed by atoms with Crippen LogP contribution in [0.15, 0.2) is 48.8 Å². The number of amides is 2. The van der Waals surface area contributed by atoms with E-state index in [0.717, 1.165) is 11.3 Å². The maximum Gasteiger partial charge on any atom is 0.254 e. The van der Waals surface area contributed by atoms with Crippen LogP contribution in [0.1, 0.15) is 22.3 Å². The van der Waals surface area contributed by atoms with E-state index in [2.05, 4.69) is 4.98 Å². The van der Waals surface area contributed by atoms with Crippen LogP contribution in [0.25, 0.3) is 0 Å². The van der Waals surface area contributed by atoms with E-state index in [-0.39, 0.29) is 11.8 Å². The number of carbonyl (C=O) groups is 2.